The fraction of sp³-hybridized carbons (Fsp3) is 0.462. The van der Waals surface area contributed by atoms with Crippen molar-refractivity contribution >= 4 is 28.6 Å². The lowest BCUT2D eigenvalue weighted by Crippen LogP contribution is -2.00. The van der Waals surface area contributed by atoms with E-state index < -0.39 is 0 Å². The van der Waals surface area contributed by atoms with E-state index in [1.54, 1.807) is 0 Å². The number of esters is 1. The first-order chi connectivity index (χ1) is 7.68. The summed E-state index contributed by atoms with van der Waals surface area (Å²) in [6.45, 7) is 2.01. The van der Waals surface area contributed by atoms with Gasteiger partial charge in [0.25, 0.3) is 0 Å². The van der Waals surface area contributed by atoms with Crippen LogP contribution >= 0.6 is 22.6 Å². The van der Waals surface area contributed by atoms with Crippen molar-refractivity contribution in [3.05, 3.63) is 33.4 Å². The highest BCUT2D eigenvalue weighted by Gasteiger charge is 1.95. The number of carbonyl (C=O) groups excluding carboxylic acids is 1. The number of carbonyl (C=O) groups is 1. The normalized spacial score (nSPS) is 10.1. The predicted molar refractivity (Wildman–Crippen MR) is 73.3 cm³/mol. The largest absolute Gasteiger partial charge is 0.466 e. The molecule has 0 saturated carbocycles. The molecule has 1 aromatic rings. The van der Waals surface area contributed by atoms with E-state index in [0.717, 1.165) is 25.7 Å². The number of rotatable bonds is 6. The third-order valence-corrected chi connectivity index (χ3v) is 3.05. The minimum atomic E-state index is -0.183. The Labute approximate surface area is 111 Å². The Kier molecular flexibility index (Phi) is 6.45. The second-order valence-corrected chi connectivity index (χ2v) is 5.02. The maximum atomic E-state index is 10.5. The molecule has 1 rings (SSSR count). The average molecular weight is 332 g/mol. The van der Waals surface area contributed by atoms with Gasteiger partial charge in [-0.1, -0.05) is 12.1 Å². The molecule has 0 unspecified atom stereocenters. The zero-order valence-electron chi connectivity index (χ0n) is 9.54. The molecular weight excluding hydrogens is 315 g/mol. The second-order valence-electron chi connectivity index (χ2n) is 3.78. The molecule has 0 bridgehead atoms. The molecule has 0 aliphatic heterocycles. The van der Waals surface area contributed by atoms with Gasteiger partial charge in [0.05, 0.1) is 6.61 Å². The van der Waals surface area contributed by atoms with Gasteiger partial charge in [0.1, 0.15) is 0 Å². The summed E-state index contributed by atoms with van der Waals surface area (Å²) < 4.78 is 6.14. The van der Waals surface area contributed by atoms with E-state index in [0.29, 0.717) is 6.61 Å². The lowest BCUT2D eigenvalue weighted by Gasteiger charge is -2.03. The zero-order valence-corrected chi connectivity index (χ0v) is 11.7. The summed E-state index contributed by atoms with van der Waals surface area (Å²) in [7, 11) is 0. The molecule has 0 atom stereocenters. The Bertz CT molecular complexity index is 319. The first-order valence-electron chi connectivity index (χ1n) is 5.56. The minimum Gasteiger partial charge on any atom is -0.466 e. The zero-order chi connectivity index (χ0) is 11.8. The molecule has 16 heavy (non-hydrogen) atoms. The van der Waals surface area contributed by atoms with E-state index in [1.807, 2.05) is 0 Å². The summed E-state index contributed by atoms with van der Waals surface area (Å²) in [4.78, 5) is 10.5. The fourth-order valence-electron chi connectivity index (χ4n) is 1.47. The first-order valence-corrected chi connectivity index (χ1v) is 6.64. The molecule has 88 valence electrons. The molecule has 0 aliphatic carbocycles. The molecule has 2 nitrogen and oxygen atoms in total. The van der Waals surface area contributed by atoms with Crippen molar-refractivity contribution in [1.82, 2.24) is 0 Å². The topological polar surface area (TPSA) is 26.3 Å². The number of ether oxygens (including phenoxy) is 1. The number of hydrogen-bond acceptors (Lipinski definition) is 2. The summed E-state index contributed by atoms with van der Waals surface area (Å²) in [5.41, 5.74) is 1.38. The highest BCUT2D eigenvalue weighted by atomic mass is 127. The van der Waals surface area contributed by atoms with E-state index in [9.17, 15) is 4.79 Å². The van der Waals surface area contributed by atoms with Crippen LogP contribution < -0.4 is 0 Å². The molecule has 0 aromatic heterocycles. The molecule has 0 spiro atoms. The fourth-order valence-corrected chi connectivity index (χ4v) is 1.83. The van der Waals surface area contributed by atoms with Crippen molar-refractivity contribution in [2.45, 2.75) is 32.6 Å². The maximum Gasteiger partial charge on any atom is 0.302 e. The van der Waals surface area contributed by atoms with Gasteiger partial charge >= 0.3 is 5.97 Å². The van der Waals surface area contributed by atoms with Crippen molar-refractivity contribution in [2.24, 2.45) is 0 Å². The molecule has 3 heteroatoms. The third kappa shape index (κ3) is 6.10. The second kappa shape index (κ2) is 7.65. The van der Waals surface area contributed by atoms with Gasteiger partial charge in [0.15, 0.2) is 0 Å². The molecular formula is C13H17IO2. The van der Waals surface area contributed by atoms with Gasteiger partial charge in [-0.25, -0.2) is 0 Å². The van der Waals surface area contributed by atoms with Crippen LogP contribution in [-0.4, -0.2) is 12.6 Å². The SMILES string of the molecule is CC(=O)OCCCCCc1ccc(I)cc1. The Morgan fingerprint density at radius 1 is 1.19 bits per heavy atom. The number of halogens is 1. The summed E-state index contributed by atoms with van der Waals surface area (Å²) >= 11 is 2.31. The highest BCUT2D eigenvalue weighted by Crippen LogP contribution is 2.10. The summed E-state index contributed by atoms with van der Waals surface area (Å²) in [5.74, 6) is -0.183. The van der Waals surface area contributed by atoms with Crippen LogP contribution in [0, 0.1) is 3.57 Å². The number of benzene rings is 1. The first kappa shape index (κ1) is 13.5. The average Bonchev–Trinajstić information content (AvgIpc) is 2.25. The van der Waals surface area contributed by atoms with Gasteiger partial charge in [-0.05, 0) is 66.0 Å². The quantitative estimate of drug-likeness (QED) is 0.452. The van der Waals surface area contributed by atoms with Crippen molar-refractivity contribution in [2.75, 3.05) is 6.61 Å². The van der Waals surface area contributed by atoms with Crippen LogP contribution in [0.4, 0.5) is 0 Å². The molecule has 0 saturated heterocycles. The summed E-state index contributed by atoms with van der Waals surface area (Å²) in [6, 6.07) is 8.62. The van der Waals surface area contributed by atoms with Crippen molar-refractivity contribution in [3.8, 4) is 0 Å². The number of hydrogen-bond donors (Lipinski definition) is 0. The Balaban J connectivity index is 2.07. The Hall–Kier alpha value is -0.580. The monoisotopic (exact) mass is 332 g/mol. The van der Waals surface area contributed by atoms with E-state index in [2.05, 4.69) is 46.9 Å². The number of unbranched alkanes of at least 4 members (excludes halogenated alkanes) is 2. The molecule has 0 N–H and O–H groups in total. The van der Waals surface area contributed by atoms with E-state index in [1.165, 1.54) is 16.1 Å². The van der Waals surface area contributed by atoms with Gasteiger partial charge in [0.2, 0.25) is 0 Å². The van der Waals surface area contributed by atoms with E-state index in [-0.39, 0.29) is 5.97 Å². The molecule has 0 fully saturated rings. The van der Waals surface area contributed by atoms with Crippen LogP contribution in [0.3, 0.4) is 0 Å². The predicted octanol–water partition coefficient (Wildman–Crippen LogP) is 3.57. The van der Waals surface area contributed by atoms with Crippen LogP contribution in [0.5, 0.6) is 0 Å². The van der Waals surface area contributed by atoms with Gasteiger partial charge in [-0.3, -0.25) is 4.79 Å². The molecule has 0 radical (unpaired) electrons. The molecule has 0 amide bonds. The lowest BCUT2D eigenvalue weighted by molar-refractivity contribution is -0.141. The van der Waals surface area contributed by atoms with E-state index >= 15 is 0 Å². The Morgan fingerprint density at radius 2 is 1.88 bits per heavy atom. The van der Waals surface area contributed by atoms with Crippen molar-refractivity contribution < 1.29 is 9.53 Å². The molecule has 0 aliphatic rings. The van der Waals surface area contributed by atoms with Gasteiger partial charge < -0.3 is 4.74 Å². The number of aryl methyl sites for hydroxylation is 1. The van der Waals surface area contributed by atoms with Crippen LogP contribution in [0.25, 0.3) is 0 Å². The van der Waals surface area contributed by atoms with Crippen LogP contribution in [0.15, 0.2) is 24.3 Å². The molecule has 1 aromatic carbocycles. The van der Waals surface area contributed by atoms with Gasteiger partial charge in [-0.2, -0.15) is 0 Å². The third-order valence-electron chi connectivity index (χ3n) is 2.33. The van der Waals surface area contributed by atoms with Gasteiger partial charge in [0, 0.05) is 10.5 Å². The smallest absolute Gasteiger partial charge is 0.302 e. The van der Waals surface area contributed by atoms with Crippen LogP contribution in [0.2, 0.25) is 0 Å². The van der Waals surface area contributed by atoms with E-state index in [4.69, 9.17) is 4.74 Å². The summed E-state index contributed by atoms with van der Waals surface area (Å²) in [6.07, 6.45) is 4.34. The van der Waals surface area contributed by atoms with Crippen molar-refractivity contribution in [3.63, 3.8) is 0 Å². The highest BCUT2D eigenvalue weighted by molar-refractivity contribution is 14.1. The van der Waals surface area contributed by atoms with Crippen LogP contribution in [-0.2, 0) is 16.0 Å². The van der Waals surface area contributed by atoms with Gasteiger partial charge in [-0.15, -0.1) is 0 Å². The Morgan fingerprint density at radius 3 is 2.50 bits per heavy atom. The minimum absolute atomic E-state index is 0.183. The van der Waals surface area contributed by atoms with Crippen molar-refractivity contribution in [1.29, 1.82) is 0 Å². The van der Waals surface area contributed by atoms with Crippen LogP contribution in [0.1, 0.15) is 31.7 Å². The molecule has 0 heterocycles. The standard InChI is InChI=1S/C13H17IO2/c1-11(15)16-10-4-2-3-5-12-6-8-13(14)9-7-12/h6-9H,2-5,10H2,1H3. The maximum absolute atomic E-state index is 10.5. The summed E-state index contributed by atoms with van der Waals surface area (Å²) in [5, 5.41) is 0. The lowest BCUT2D eigenvalue weighted by atomic mass is 10.1.